The van der Waals surface area contributed by atoms with E-state index in [1.807, 2.05) is 29.2 Å². The Balaban J connectivity index is 1.46. The Morgan fingerprint density at radius 2 is 1.76 bits per heavy atom. The van der Waals surface area contributed by atoms with Crippen molar-refractivity contribution in [2.24, 2.45) is 0 Å². The predicted molar refractivity (Wildman–Crippen MR) is 114 cm³/mol. The van der Waals surface area contributed by atoms with E-state index in [4.69, 9.17) is 4.52 Å². The molecule has 1 saturated heterocycles. The van der Waals surface area contributed by atoms with E-state index >= 15 is 0 Å². The van der Waals surface area contributed by atoms with Crippen molar-refractivity contribution in [3.8, 4) is 11.4 Å². The number of rotatable bonds is 7. The molecule has 29 heavy (non-hydrogen) atoms. The lowest BCUT2D eigenvalue weighted by molar-refractivity contribution is -0.117. The quantitative estimate of drug-likeness (QED) is 0.560. The van der Waals surface area contributed by atoms with Crippen LogP contribution in [0.2, 0.25) is 0 Å². The number of hydrogen-bond acceptors (Lipinski definition) is 4. The summed E-state index contributed by atoms with van der Waals surface area (Å²) in [6, 6.07) is 16.5. The maximum absolute atomic E-state index is 12.6. The molecule has 2 heterocycles. The van der Waals surface area contributed by atoms with Gasteiger partial charge in [0, 0.05) is 24.2 Å². The lowest BCUT2D eigenvalue weighted by Crippen LogP contribution is -2.24. The van der Waals surface area contributed by atoms with Crippen LogP contribution >= 0.6 is 0 Å². The molecule has 0 N–H and O–H groups in total. The van der Waals surface area contributed by atoms with Gasteiger partial charge in [0.15, 0.2) is 0 Å². The van der Waals surface area contributed by atoms with Crippen LogP contribution in [0.3, 0.4) is 0 Å². The fourth-order valence-corrected chi connectivity index (χ4v) is 3.75. The zero-order chi connectivity index (χ0) is 20.2. The van der Waals surface area contributed by atoms with E-state index in [-0.39, 0.29) is 11.8 Å². The Hall–Kier alpha value is -2.95. The number of unbranched alkanes of at least 4 members (excludes halogenated alkanes) is 1. The first-order valence-electron chi connectivity index (χ1n) is 10.5. The van der Waals surface area contributed by atoms with Gasteiger partial charge in [0.1, 0.15) is 0 Å². The van der Waals surface area contributed by atoms with Crippen LogP contribution in [-0.2, 0) is 17.6 Å². The summed E-state index contributed by atoms with van der Waals surface area (Å²) in [5, 5.41) is 4.13. The molecule has 1 unspecified atom stereocenters. The number of carbonyl (C=O) groups excluding carboxylic acids is 1. The number of anilines is 1. The molecule has 1 fully saturated rings. The third-order valence-corrected chi connectivity index (χ3v) is 5.60. The summed E-state index contributed by atoms with van der Waals surface area (Å²) in [4.78, 5) is 19.0. The lowest BCUT2D eigenvalue weighted by Gasteiger charge is -2.16. The van der Waals surface area contributed by atoms with Gasteiger partial charge in [-0.15, -0.1) is 0 Å². The van der Waals surface area contributed by atoms with Crippen molar-refractivity contribution in [2.45, 2.75) is 51.9 Å². The van der Waals surface area contributed by atoms with Gasteiger partial charge in [-0.05, 0) is 42.5 Å². The van der Waals surface area contributed by atoms with E-state index in [2.05, 4.69) is 48.3 Å². The molecule has 0 spiro atoms. The number of nitrogens with zero attached hydrogens (tertiary/aromatic N) is 3. The van der Waals surface area contributed by atoms with Crippen LogP contribution in [-0.4, -0.2) is 22.6 Å². The Kier molecular flexibility index (Phi) is 5.74. The molecule has 2 aromatic carbocycles. The molecule has 0 bridgehead atoms. The number of aryl methyl sites for hydroxylation is 2. The molecule has 4 rings (SSSR count). The van der Waals surface area contributed by atoms with Crippen molar-refractivity contribution >= 4 is 11.6 Å². The normalized spacial score (nSPS) is 16.6. The highest BCUT2D eigenvalue weighted by Gasteiger charge is 2.35. The maximum Gasteiger partial charge on any atom is 0.232 e. The average molecular weight is 389 g/mol. The summed E-state index contributed by atoms with van der Waals surface area (Å²) in [7, 11) is 0. The third kappa shape index (κ3) is 4.24. The SMILES string of the molecule is CCCCc1ccc(N2CC(c3nc(-c4ccc(CC)cc4)no3)CC2=O)cc1. The van der Waals surface area contributed by atoms with Gasteiger partial charge in [0.2, 0.25) is 17.6 Å². The highest BCUT2D eigenvalue weighted by atomic mass is 16.5. The van der Waals surface area contributed by atoms with Gasteiger partial charge in [-0.1, -0.05) is 61.8 Å². The molecule has 0 aliphatic carbocycles. The van der Waals surface area contributed by atoms with Crippen molar-refractivity contribution < 1.29 is 9.32 Å². The van der Waals surface area contributed by atoms with Gasteiger partial charge in [-0.2, -0.15) is 4.98 Å². The minimum atomic E-state index is -0.0709. The maximum atomic E-state index is 12.6. The number of carbonyl (C=O) groups is 1. The van der Waals surface area contributed by atoms with Gasteiger partial charge in [0.05, 0.1) is 5.92 Å². The largest absolute Gasteiger partial charge is 0.339 e. The second kappa shape index (κ2) is 8.60. The van der Waals surface area contributed by atoms with Crippen LogP contribution in [0.1, 0.15) is 56.0 Å². The van der Waals surface area contributed by atoms with Crippen LogP contribution in [0.5, 0.6) is 0 Å². The average Bonchev–Trinajstić information content (AvgIpc) is 3.40. The molecule has 150 valence electrons. The standard InChI is InChI=1S/C24H27N3O2/c1-3-5-6-18-9-13-21(14-10-18)27-16-20(15-22(27)28)24-25-23(26-29-24)19-11-7-17(4-2)8-12-19/h7-14,20H,3-6,15-16H2,1-2H3. The minimum Gasteiger partial charge on any atom is -0.339 e. The fourth-order valence-electron chi connectivity index (χ4n) is 3.75. The van der Waals surface area contributed by atoms with Gasteiger partial charge < -0.3 is 9.42 Å². The number of benzene rings is 2. The smallest absolute Gasteiger partial charge is 0.232 e. The highest BCUT2D eigenvalue weighted by molar-refractivity contribution is 5.96. The van der Waals surface area contributed by atoms with E-state index in [0.29, 0.717) is 24.7 Å². The lowest BCUT2D eigenvalue weighted by atomic mass is 10.1. The first-order valence-corrected chi connectivity index (χ1v) is 10.5. The summed E-state index contributed by atoms with van der Waals surface area (Å²) < 4.78 is 5.52. The van der Waals surface area contributed by atoms with Crippen molar-refractivity contribution in [3.63, 3.8) is 0 Å². The Morgan fingerprint density at radius 1 is 1.03 bits per heavy atom. The Labute approximate surface area is 171 Å². The Morgan fingerprint density at radius 3 is 2.45 bits per heavy atom. The van der Waals surface area contributed by atoms with Crippen molar-refractivity contribution in [1.82, 2.24) is 10.1 Å². The second-order valence-electron chi connectivity index (χ2n) is 7.68. The van der Waals surface area contributed by atoms with E-state index < -0.39 is 0 Å². The van der Waals surface area contributed by atoms with Crippen molar-refractivity contribution in [1.29, 1.82) is 0 Å². The molecule has 5 heteroatoms. The summed E-state index contributed by atoms with van der Waals surface area (Å²) in [6.45, 7) is 4.90. The zero-order valence-corrected chi connectivity index (χ0v) is 17.1. The molecule has 0 saturated carbocycles. The van der Waals surface area contributed by atoms with Crippen LogP contribution in [0, 0.1) is 0 Å². The molecule has 3 aromatic rings. The van der Waals surface area contributed by atoms with Gasteiger partial charge in [-0.25, -0.2) is 0 Å². The zero-order valence-electron chi connectivity index (χ0n) is 17.1. The van der Waals surface area contributed by atoms with Gasteiger partial charge >= 0.3 is 0 Å². The molecule has 1 aliphatic heterocycles. The first-order chi connectivity index (χ1) is 14.2. The summed E-state index contributed by atoms with van der Waals surface area (Å²) in [6.07, 6.45) is 4.84. The monoisotopic (exact) mass is 389 g/mol. The number of amides is 1. The van der Waals surface area contributed by atoms with Crippen LogP contribution < -0.4 is 4.90 Å². The van der Waals surface area contributed by atoms with Crippen LogP contribution in [0.25, 0.3) is 11.4 Å². The predicted octanol–water partition coefficient (Wildman–Crippen LogP) is 5.16. The van der Waals surface area contributed by atoms with E-state index in [1.165, 1.54) is 24.0 Å². The third-order valence-electron chi connectivity index (χ3n) is 5.60. The summed E-state index contributed by atoms with van der Waals surface area (Å²) in [5.41, 5.74) is 4.46. The molecule has 1 aliphatic rings. The van der Waals surface area contributed by atoms with Crippen molar-refractivity contribution in [3.05, 3.63) is 65.5 Å². The van der Waals surface area contributed by atoms with Crippen LogP contribution in [0.4, 0.5) is 5.69 Å². The van der Waals surface area contributed by atoms with Crippen molar-refractivity contribution in [2.75, 3.05) is 11.4 Å². The van der Waals surface area contributed by atoms with E-state index in [0.717, 1.165) is 24.1 Å². The second-order valence-corrected chi connectivity index (χ2v) is 7.68. The number of hydrogen-bond donors (Lipinski definition) is 0. The summed E-state index contributed by atoms with van der Waals surface area (Å²) in [5.74, 6) is 1.14. The topological polar surface area (TPSA) is 59.2 Å². The Bertz CT molecular complexity index is 961. The first kappa shape index (κ1) is 19.4. The molecule has 0 radical (unpaired) electrons. The fraction of sp³-hybridized carbons (Fsp3) is 0.375. The van der Waals surface area contributed by atoms with E-state index in [9.17, 15) is 4.79 Å². The molecular weight excluding hydrogens is 362 g/mol. The molecule has 1 atom stereocenters. The molecule has 5 nitrogen and oxygen atoms in total. The van der Waals surface area contributed by atoms with Crippen LogP contribution in [0.15, 0.2) is 53.1 Å². The van der Waals surface area contributed by atoms with E-state index in [1.54, 1.807) is 0 Å². The highest BCUT2D eigenvalue weighted by Crippen LogP contribution is 2.32. The molecular formula is C24H27N3O2. The van der Waals surface area contributed by atoms with Gasteiger partial charge in [-0.3, -0.25) is 4.79 Å². The van der Waals surface area contributed by atoms with Gasteiger partial charge in [0.25, 0.3) is 0 Å². The summed E-state index contributed by atoms with van der Waals surface area (Å²) >= 11 is 0. The minimum absolute atomic E-state index is 0.0709. The molecule has 1 aromatic heterocycles. The molecule has 1 amide bonds. The number of aromatic nitrogens is 2.